The lowest BCUT2D eigenvalue weighted by molar-refractivity contribution is 0.242. The van der Waals surface area contributed by atoms with Gasteiger partial charge in [0.15, 0.2) is 5.82 Å². The van der Waals surface area contributed by atoms with Crippen LogP contribution in [0, 0.1) is 0 Å². The lowest BCUT2D eigenvalue weighted by atomic mass is 10.2. The average molecular weight is 365 g/mol. The van der Waals surface area contributed by atoms with Crippen LogP contribution in [0.1, 0.15) is 11.3 Å². The van der Waals surface area contributed by atoms with Gasteiger partial charge in [-0.3, -0.25) is 9.69 Å². The molecule has 2 aromatic heterocycles. The minimum absolute atomic E-state index is 0.0310. The molecule has 9 heteroatoms. The van der Waals surface area contributed by atoms with E-state index in [-0.39, 0.29) is 5.56 Å². The number of piperazine rings is 1. The molecule has 0 aliphatic carbocycles. The molecule has 1 fully saturated rings. The maximum absolute atomic E-state index is 12.2. The molecular formula is C15H20N6OS2. The SMILES string of the molecule is O=c1cc2c(nn1CCN1CCN(c3cnsn3)CC1)CCSC2. The first kappa shape index (κ1) is 16.0. The standard InChI is InChI=1S/C15H20N6OS2/c22-15-9-12-11-23-8-1-13(12)17-21(15)7-4-19-2-5-20(6-3-19)14-10-16-24-18-14/h9-10H,1-8,11H2. The van der Waals surface area contributed by atoms with Crippen molar-refractivity contribution in [3.05, 3.63) is 33.9 Å². The topological polar surface area (TPSA) is 67.2 Å². The van der Waals surface area contributed by atoms with Crippen LogP contribution < -0.4 is 10.5 Å². The number of fused-ring (bicyclic) bond motifs is 1. The largest absolute Gasteiger partial charge is 0.352 e. The molecular weight excluding hydrogens is 344 g/mol. The highest BCUT2D eigenvalue weighted by molar-refractivity contribution is 7.98. The lowest BCUT2D eigenvalue weighted by Crippen LogP contribution is -2.47. The smallest absolute Gasteiger partial charge is 0.267 e. The normalized spacial score (nSPS) is 18.6. The molecule has 128 valence electrons. The van der Waals surface area contributed by atoms with Crippen LogP contribution >= 0.6 is 23.5 Å². The predicted molar refractivity (Wildman–Crippen MR) is 96.9 cm³/mol. The Morgan fingerprint density at radius 1 is 1.17 bits per heavy atom. The molecule has 24 heavy (non-hydrogen) atoms. The second-order valence-corrected chi connectivity index (χ2v) is 7.74. The van der Waals surface area contributed by atoms with Crippen LogP contribution in [0.25, 0.3) is 0 Å². The molecule has 4 heterocycles. The molecule has 0 N–H and O–H groups in total. The molecule has 4 rings (SSSR count). The van der Waals surface area contributed by atoms with E-state index in [4.69, 9.17) is 0 Å². The predicted octanol–water partition coefficient (Wildman–Crippen LogP) is 0.706. The Morgan fingerprint density at radius 2 is 2.04 bits per heavy atom. The molecule has 0 spiro atoms. The van der Waals surface area contributed by atoms with E-state index >= 15 is 0 Å². The number of aromatic nitrogens is 4. The van der Waals surface area contributed by atoms with Crippen LogP contribution in [0.15, 0.2) is 17.1 Å². The van der Waals surface area contributed by atoms with Gasteiger partial charge in [-0.15, -0.1) is 0 Å². The summed E-state index contributed by atoms with van der Waals surface area (Å²) >= 11 is 3.13. The van der Waals surface area contributed by atoms with E-state index in [0.29, 0.717) is 6.54 Å². The highest BCUT2D eigenvalue weighted by Crippen LogP contribution is 2.21. The Bertz CT molecular complexity index is 739. The van der Waals surface area contributed by atoms with Crippen molar-refractivity contribution in [1.29, 1.82) is 0 Å². The summed E-state index contributed by atoms with van der Waals surface area (Å²) in [6.45, 7) is 5.40. The Morgan fingerprint density at radius 3 is 2.83 bits per heavy atom. The van der Waals surface area contributed by atoms with Gasteiger partial charge in [-0.1, -0.05) is 0 Å². The fraction of sp³-hybridized carbons (Fsp3) is 0.600. The van der Waals surface area contributed by atoms with Gasteiger partial charge in [0.1, 0.15) is 0 Å². The van der Waals surface area contributed by atoms with Crippen LogP contribution in [0.3, 0.4) is 0 Å². The van der Waals surface area contributed by atoms with E-state index in [1.807, 2.05) is 18.0 Å². The van der Waals surface area contributed by atoms with Crippen LogP contribution in [-0.4, -0.2) is 61.9 Å². The second-order valence-electron chi connectivity index (χ2n) is 6.07. The van der Waals surface area contributed by atoms with Crippen molar-refractivity contribution in [3.63, 3.8) is 0 Å². The Hall–Kier alpha value is -1.45. The quantitative estimate of drug-likeness (QED) is 0.791. The zero-order valence-corrected chi connectivity index (χ0v) is 15.1. The molecule has 0 aromatic carbocycles. The fourth-order valence-electron chi connectivity index (χ4n) is 3.15. The van der Waals surface area contributed by atoms with Gasteiger partial charge in [0.25, 0.3) is 5.56 Å². The minimum Gasteiger partial charge on any atom is -0.352 e. The number of hydrogen-bond donors (Lipinski definition) is 0. The van der Waals surface area contributed by atoms with E-state index < -0.39 is 0 Å². The number of nitrogens with zero attached hydrogens (tertiary/aromatic N) is 6. The number of hydrogen-bond acceptors (Lipinski definition) is 8. The van der Waals surface area contributed by atoms with Crippen LogP contribution in [-0.2, 0) is 18.7 Å². The Labute approximate surface area is 149 Å². The van der Waals surface area contributed by atoms with Crippen LogP contribution in [0.5, 0.6) is 0 Å². The summed E-state index contributed by atoms with van der Waals surface area (Å²) in [6, 6.07) is 1.78. The van der Waals surface area contributed by atoms with Crippen molar-refractivity contribution in [1.82, 2.24) is 23.4 Å². The number of anilines is 1. The maximum Gasteiger partial charge on any atom is 0.267 e. The molecule has 0 saturated carbocycles. The van der Waals surface area contributed by atoms with Crippen molar-refractivity contribution in [2.75, 3.05) is 43.4 Å². The summed E-state index contributed by atoms with van der Waals surface area (Å²) < 4.78 is 10.0. The van der Waals surface area contributed by atoms with Gasteiger partial charge in [-0.05, 0) is 11.3 Å². The second kappa shape index (κ2) is 7.20. The third-order valence-corrected chi connectivity index (χ3v) is 6.06. The third-order valence-electron chi connectivity index (χ3n) is 4.58. The van der Waals surface area contributed by atoms with E-state index in [0.717, 1.165) is 67.7 Å². The van der Waals surface area contributed by atoms with Crippen molar-refractivity contribution in [3.8, 4) is 0 Å². The summed E-state index contributed by atoms with van der Waals surface area (Å²) in [6.07, 6.45) is 2.80. The lowest BCUT2D eigenvalue weighted by Gasteiger charge is -2.34. The summed E-state index contributed by atoms with van der Waals surface area (Å²) in [4.78, 5) is 16.9. The van der Waals surface area contributed by atoms with E-state index in [2.05, 4.69) is 23.6 Å². The molecule has 7 nitrogen and oxygen atoms in total. The van der Waals surface area contributed by atoms with Gasteiger partial charge in [-0.2, -0.15) is 25.6 Å². The first-order chi connectivity index (χ1) is 11.8. The molecule has 2 aromatic rings. The molecule has 1 saturated heterocycles. The zero-order valence-electron chi connectivity index (χ0n) is 13.4. The number of thioether (sulfide) groups is 1. The summed E-state index contributed by atoms with van der Waals surface area (Å²) in [7, 11) is 0. The Kier molecular flexibility index (Phi) is 4.81. The van der Waals surface area contributed by atoms with Gasteiger partial charge in [0.05, 0.1) is 30.2 Å². The molecule has 0 atom stereocenters. The maximum atomic E-state index is 12.2. The van der Waals surface area contributed by atoms with E-state index in [1.54, 1.807) is 10.7 Å². The number of aryl methyl sites for hydroxylation is 1. The Balaban J connectivity index is 1.34. The minimum atomic E-state index is 0.0310. The zero-order chi connectivity index (χ0) is 16.4. The molecule has 0 bridgehead atoms. The average Bonchev–Trinajstić information content (AvgIpc) is 3.15. The van der Waals surface area contributed by atoms with Crippen molar-refractivity contribution < 1.29 is 0 Å². The van der Waals surface area contributed by atoms with Crippen LogP contribution in [0.2, 0.25) is 0 Å². The van der Waals surface area contributed by atoms with Crippen molar-refractivity contribution in [2.45, 2.75) is 18.7 Å². The highest BCUT2D eigenvalue weighted by Gasteiger charge is 2.19. The van der Waals surface area contributed by atoms with Gasteiger partial charge < -0.3 is 4.90 Å². The number of rotatable bonds is 4. The van der Waals surface area contributed by atoms with Gasteiger partial charge in [0, 0.05) is 51.0 Å². The monoisotopic (exact) mass is 364 g/mol. The summed E-state index contributed by atoms with van der Waals surface area (Å²) in [5.41, 5.74) is 2.26. The van der Waals surface area contributed by atoms with E-state index in [1.165, 1.54) is 11.7 Å². The molecule has 2 aliphatic heterocycles. The van der Waals surface area contributed by atoms with E-state index in [9.17, 15) is 4.79 Å². The fourth-order valence-corrected chi connectivity index (χ4v) is 4.54. The van der Waals surface area contributed by atoms with Crippen molar-refractivity contribution >= 4 is 29.3 Å². The summed E-state index contributed by atoms with van der Waals surface area (Å²) in [5.74, 6) is 3.00. The van der Waals surface area contributed by atoms with Crippen molar-refractivity contribution in [2.24, 2.45) is 0 Å². The molecule has 0 radical (unpaired) electrons. The third kappa shape index (κ3) is 3.47. The summed E-state index contributed by atoms with van der Waals surface area (Å²) in [5, 5.41) is 4.59. The molecule has 2 aliphatic rings. The van der Waals surface area contributed by atoms with Gasteiger partial charge >= 0.3 is 0 Å². The van der Waals surface area contributed by atoms with Gasteiger partial charge in [0.2, 0.25) is 0 Å². The highest BCUT2D eigenvalue weighted by atomic mass is 32.2. The van der Waals surface area contributed by atoms with Gasteiger partial charge in [-0.25, -0.2) is 4.68 Å². The molecule has 0 amide bonds. The molecule has 0 unspecified atom stereocenters. The first-order valence-corrected chi connectivity index (χ1v) is 10.1. The first-order valence-electron chi connectivity index (χ1n) is 8.22. The van der Waals surface area contributed by atoms with Crippen LogP contribution in [0.4, 0.5) is 5.82 Å².